The number of aliphatic hydroxyl groups is 3. The highest BCUT2D eigenvalue weighted by Crippen LogP contribution is 2.39. The molecule has 29 heavy (non-hydrogen) atoms. The Morgan fingerprint density at radius 1 is 1.17 bits per heavy atom. The SMILES string of the molecule is CC(C)(C)[Si](C)(C)O[C@@H]1OC(CO)[C@@H](O)C(O)C1NC(=O)OCc1ccccc1. The van der Waals surface area contributed by atoms with Crippen LogP contribution in [0.3, 0.4) is 0 Å². The van der Waals surface area contributed by atoms with E-state index in [0.29, 0.717) is 0 Å². The largest absolute Gasteiger partial charge is 0.445 e. The summed E-state index contributed by atoms with van der Waals surface area (Å²) in [5.74, 6) is 0. The molecule has 0 radical (unpaired) electrons. The monoisotopic (exact) mass is 427 g/mol. The summed E-state index contributed by atoms with van der Waals surface area (Å²) in [5, 5.41) is 32.7. The van der Waals surface area contributed by atoms with Crippen molar-refractivity contribution in [2.24, 2.45) is 0 Å². The summed E-state index contributed by atoms with van der Waals surface area (Å²) in [6, 6.07) is 8.13. The van der Waals surface area contributed by atoms with Gasteiger partial charge in [0.05, 0.1) is 6.61 Å². The summed E-state index contributed by atoms with van der Waals surface area (Å²) in [6.07, 6.45) is -5.58. The number of rotatable bonds is 6. The molecule has 1 aromatic carbocycles. The highest BCUT2D eigenvalue weighted by atomic mass is 28.4. The second kappa shape index (κ2) is 9.54. The van der Waals surface area contributed by atoms with Crippen molar-refractivity contribution in [3.8, 4) is 0 Å². The van der Waals surface area contributed by atoms with Crippen molar-refractivity contribution < 1.29 is 34.0 Å². The van der Waals surface area contributed by atoms with Gasteiger partial charge < -0.3 is 34.5 Å². The van der Waals surface area contributed by atoms with Gasteiger partial charge in [0.25, 0.3) is 0 Å². The van der Waals surface area contributed by atoms with Crippen LogP contribution in [0.2, 0.25) is 18.1 Å². The van der Waals surface area contributed by atoms with Crippen LogP contribution in [0, 0.1) is 0 Å². The molecular formula is C20H33NO7Si. The molecule has 9 heteroatoms. The summed E-state index contributed by atoms with van der Waals surface area (Å²) >= 11 is 0. The Kier molecular flexibility index (Phi) is 7.83. The minimum absolute atomic E-state index is 0.0614. The summed E-state index contributed by atoms with van der Waals surface area (Å²) in [5.41, 5.74) is 0.817. The first-order chi connectivity index (χ1) is 13.5. The van der Waals surface area contributed by atoms with E-state index in [2.05, 4.69) is 5.32 Å². The first-order valence-corrected chi connectivity index (χ1v) is 12.6. The van der Waals surface area contributed by atoms with Gasteiger partial charge in [0.1, 0.15) is 31.0 Å². The lowest BCUT2D eigenvalue weighted by Crippen LogP contribution is -2.66. The van der Waals surface area contributed by atoms with Gasteiger partial charge in [0.15, 0.2) is 14.6 Å². The molecule has 2 rings (SSSR count). The van der Waals surface area contributed by atoms with Gasteiger partial charge in [0, 0.05) is 0 Å². The summed E-state index contributed by atoms with van der Waals surface area (Å²) in [7, 11) is -2.34. The third-order valence-corrected chi connectivity index (χ3v) is 10.0. The number of aliphatic hydroxyl groups excluding tert-OH is 3. The van der Waals surface area contributed by atoms with E-state index in [1.165, 1.54) is 0 Å². The normalized spacial score (nSPS) is 28.1. The minimum Gasteiger partial charge on any atom is -0.445 e. The molecule has 3 unspecified atom stereocenters. The van der Waals surface area contributed by atoms with Crippen LogP contribution in [-0.4, -0.2) is 67.0 Å². The molecule has 0 aromatic heterocycles. The molecule has 1 fully saturated rings. The predicted octanol–water partition coefficient (Wildman–Crippen LogP) is 1.74. The van der Waals surface area contributed by atoms with E-state index in [4.69, 9.17) is 13.9 Å². The molecule has 1 aliphatic rings. The second-order valence-corrected chi connectivity index (χ2v) is 13.6. The number of carbonyl (C=O) groups is 1. The Morgan fingerprint density at radius 2 is 1.79 bits per heavy atom. The van der Waals surface area contributed by atoms with E-state index in [9.17, 15) is 20.1 Å². The Bertz CT molecular complexity index is 665. The van der Waals surface area contributed by atoms with Crippen LogP contribution in [-0.2, 0) is 20.5 Å². The van der Waals surface area contributed by atoms with E-state index in [0.717, 1.165) is 5.56 Å². The number of hydrogen-bond acceptors (Lipinski definition) is 7. The van der Waals surface area contributed by atoms with Gasteiger partial charge in [-0.15, -0.1) is 0 Å². The van der Waals surface area contributed by atoms with E-state index in [1.807, 2.05) is 64.2 Å². The average molecular weight is 428 g/mol. The number of carbonyl (C=O) groups excluding carboxylic acids is 1. The van der Waals surface area contributed by atoms with Gasteiger partial charge in [-0.2, -0.15) is 0 Å². The molecule has 5 atom stereocenters. The second-order valence-electron chi connectivity index (χ2n) is 8.82. The first kappa shape index (κ1) is 23.8. The lowest BCUT2D eigenvalue weighted by atomic mass is 9.97. The Hall–Kier alpha value is -1.49. The molecule has 8 nitrogen and oxygen atoms in total. The summed E-state index contributed by atoms with van der Waals surface area (Å²) in [4.78, 5) is 12.3. The molecule has 1 heterocycles. The molecular weight excluding hydrogens is 394 g/mol. The summed E-state index contributed by atoms with van der Waals surface area (Å²) < 4.78 is 17.2. The third-order valence-electron chi connectivity index (χ3n) is 5.60. The van der Waals surface area contributed by atoms with E-state index in [-0.39, 0.29) is 11.6 Å². The fourth-order valence-electron chi connectivity index (χ4n) is 2.70. The number of ether oxygens (including phenoxy) is 2. The van der Waals surface area contributed by atoms with Crippen molar-refractivity contribution >= 4 is 14.4 Å². The maximum absolute atomic E-state index is 12.3. The van der Waals surface area contributed by atoms with Crippen molar-refractivity contribution in [2.75, 3.05) is 6.61 Å². The topological polar surface area (TPSA) is 117 Å². The zero-order valence-corrected chi connectivity index (χ0v) is 18.7. The minimum atomic E-state index is -2.34. The van der Waals surface area contributed by atoms with Crippen LogP contribution in [0.25, 0.3) is 0 Å². The van der Waals surface area contributed by atoms with Crippen molar-refractivity contribution in [3.05, 3.63) is 35.9 Å². The Morgan fingerprint density at radius 3 is 2.34 bits per heavy atom. The van der Waals surface area contributed by atoms with Crippen LogP contribution >= 0.6 is 0 Å². The third kappa shape index (κ3) is 6.00. The fraction of sp³-hybridized carbons (Fsp3) is 0.650. The van der Waals surface area contributed by atoms with Gasteiger partial charge in [0.2, 0.25) is 0 Å². The lowest BCUT2D eigenvalue weighted by Gasteiger charge is -2.47. The molecule has 1 saturated heterocycles. The molecule has 0 bridgehead atoms. The molecule has 4 N–H and O–H groups in total. The molecule has 164 valence electrons. The van der Waals surface area contributed by atoms with Crippen molar-refractivity contribution in [1.82, 2.24) is 5.32 Å². The quantitative estimate of drug-likeness (QED) is 0.511. The zero-order chi connectivity index (χ0) is 21.8. The highest BCUT2D eigenvalue weighted by Gasteiger charge is 2.49. The van der Waals surface area contributed by atoms with Crippen LogP contribution in [0.4, 0.5) is 4.79 Å². The highest BCUT2D eigenvalue weighted by molar-refractivity contribution is 6.74. The molecule has 0 spiro atoms. The van der Waals surface area contributed by atoms with Crippen molar-refractivity contribution in [2.45, 2.75) is 76.2 Å². The Balaban J connectivity index is 2.11. The Labute approximate surface area is 172 Å². The number of alkyl carbamates (subject to hydrolysis) is 1. The van der Waals surface area contributed by atoms with Crippen LogP contribution in [0.5, 0.6) is 0 Å². The molecule has 1 aromatic rings. The number of hydrogen-bond donors (Lipinski definition) is 4. The van der Waals surface area contributed by atoms with Gasteiger partial charge in [-0.1, -0.05) is 51.1 Å². The van der Waals surface area contributed by atoms with E-state index in [1.54, 1.807) is 0 Å². The van der Waals surface area contributed by atoms with Crippen molar-refractivity contribution in [3.63, 3.8) is 0 Å². The van der Waals surface area contributed by atoms with Gasteiger partial charge >= 0.3 is 6.09 Å². The zero-order valence-electron chi connectivity index (χ0n) is 17.7. The predicted molar refractivity (Wildman–Crippen MR) is 110 cm³/mol. The van der Waals surface area contributed by atoms with Crippen molar-refractivity contribution in [1.29, 1.82) is 0 Å². The van der Waals surface area contributed by atoms with Crippen LogP contribution in [0.1, 0.15) is 26.3 Å². The molecule has 0 saturated carbocycles. The maximum Gasteiger partial charge on any atom is 0.407 e. The molecule has 1 amide bonds. The summed E-state index contributed by atoms with van der Waals surface area (Å²) in [6.45, 7) is 9.74. The number of nitrogens with one attached hydrogen (secondary N) is 1. The smallest absolute Gasteiger partial charge is 0.407 e. The maximum atomic E-state index is 12.3. The van der Waals surface area contributed by atoms with Gasteiger partial charge in [-0.25, -0.2) is 4.79 Å². The van der Waals surface area contributed by atoms with E-state index >= 15 is 0 Å². The van der Waals surface area contributed by atoms with Crippen LogP contribution < -0.4 is 5.32 Å². The van der Waals surface area contributed by atoms with E-state index < -0.39 is 51.7 Å². The molecule has 1 aliphatic heterocycles. The number of amides is 1. The first-order valence-electron chi connectivity index (χ1n) is 9.74. The standard InChI is InChI=1S/C20H33NO7Si/c1-20(2,3)29(4,5)28-18-15(17(24)16(23)14(11-22)27-18)21-19(25)26-12-13-9-7-6-8-10-13/h6-10,14-18,22-24H,11-12H2,1-5H3,(H,21,25)/t14?,15?,16-,17?,18+/m1/s1. The van der Waals surface area contributed by atoms with Crippen LogP contribution in [0.15, 0.2) is 30.3 Å². The fourth-order valence-corrected chi connectivity index (χ4v) is 3.84. The lowest BCUT2D eigenvalue weighted by molar-refractivity contribution is -0.247. The van der Waals surface area contributed by atoms with Gasteiger partial charge in [-0.3, -0.25) is 0 Å². The van der Waals surface area contributed by atoms with Gasteiger partial charge in [-0.05, 0) is 23.7 Å². The number of benzene rings is 1. The molecule has 0 aliphatic carbocycles. The average Bonchev–Trinajstić information content (AvgIpc) is 2.65.